The molecule has 0 fully saturated rings. The number of hydrogen-bond donors (Lipinski definition) is 1. The zero-order valence-electron chi connectivity index (χ0n) is 7.78. The van der Waals surface area contributed by atoms with E-state index in [0.29, 0.717) is 10.6 Å². The van der Waals surface area contributed by atoms with Crippen molar-refractivity contribution in [2.24, 2.45) is 5.73 Å². The number of halogens is 2. The van der Waals surface area contributed by atoms with Crippen molar-refractivity contribution < 1.29 is 4.39 Å². The molecular formula is C11H9ClFNS. The van der Waals surface area contributed by atoms with Crippen LogP contribution in [-0.4, -0.2) is 0 Å². The van der Waals surface area contributed by atoms with Gasteiger partial charge in [-0.25, -0.2) is 4.39 Å². The largest absolute Gasteiger partial charge is 0.320 e. The zero-order valence-corrected chi connectivity index (χ0v) is 9.36. The quantitative estimate of drug-likeness (QED) is 0.855. The van der Waals surface area contributed by atoms with E-state index < -0.39 is 6.04 Å². The molecule has 15 heavy (non-hydrogen) atoms. The highest BCUT2D eigenvalue weighted by atomic mass is 35.5. The summed E-state index contributed by atoms with van der Waals surface area (Å²) in [5.41, 5.74) is 6.41. The Bertz CT molecular complexity index is 456. The number of thiophene rings is 1. The summed E-state index contributed by atoms with van der Waals surface area (Å²) in [6.07, 6.45) is 0. The molecule has 2 rings (SSSR count). The molecule has 1 heterocycles. The third kappa shape index (κ3) is 2.20. The van der Waals surface area contributed by atoms with Gasteiger partial charge in [0, 0.05) is 15.5 Å². The van der Waals surface area contributed by atoms with E-state index >= 15 is 0 Å². The van der Waals surface area contributed by atoms with Crippen LogP contribution in [0.5, 0.6) is 0 Å². The smallest absolute Gasteiger partial charge is 0.129 e. The van der Waals surface area contributed by atoms with E-state index in [0.717, 1.165) is 4.88 Å². The van der Waals surface area contributed by atoms with Crippen molar-refractivity contribution in [2.45, 2.75) is 6.04 Å². The van der Waals surface area contributed by atoms with Crippen LogP contribution in [0.15, 0.2) is 35.7 Å². The molecule has 2 N–H and O–H groups in total. The minimum Gasteiger partial charge on any atom is -0.320 e. The molecule has 0 bridgehead atoms. The summed E-state index contributed by atoms with van der Waals surface area (Å²) in [6.45, 7) is 0. The first-order valence-electron chi connectivity index (χ1n) is 4.42. The van der Waals surface area contributed by atoms with Crippen molar-refractivity contribution in [3.63, 3.8) is 0 Å². The van der Waals surface area contributed by atoms with Crippen LogP contribution < -0.4 is 5.73 Å². The number of rotatable bonds is 2. The molecule has 1 aromatic heterocycles. The third-order valence-electron chi connectivity index (χ3n) is 2.15. The number of benzene rings is 1. The predicted molar refractivity (Wildman–Crippen MR) is 61.8 cm³/mol. The topological polar surface area (TPSA) is 26.0 Å². The zero-order chi connectivity index (χ0) is 10.8. The molecule has 78 valence electrons. The molecule has 0 radical (unpaired) electrons. The van der Waals surface area contributed by atoms with Gasteiger partial charge in [0.1, 0.15) is 5.82 Å². The summed E-state index contributed by atoms with van der Waals surface area (Å²) in [6, 6.07) is 7.93. The lowest BCUT2D eigenvalue weighted by molar-refractivity contribution is 0.601. The van der Waals surface area contributed by atoms with E-state index in [-0.39, 0.29) is 5.82 Å². The first-order chi connectivity index (χ1) is 7.18. The highest BCUT2D eigenvalue weighted by molar-refractivity contribution is 7.10. The van der Waals surface area contributed by atoms with Crippen LogP contribution in [0.25, 0.3) is 0 Å². The summed E-state index contributed by atoms with van der Waals surface area (Å²) in [4.78, 5) is 0.941. The van der Waals surface area contributed by atoms with E-state index in [1.54, 1.807) is 12.1 Å². The van der Waals surface area contributed by atoms with Gasteiger partial charge in [-0.05, 0) is 23.6 Å². The van der Waals surface area contributed by atoms with Crippen molar-refractivity contribution >= 4 is 22.9 Å². The summed E-state index contributed by atoms with van der Waals surface area (Å²) < 4.78 is 13.5. The van der Waals surface area contributed by atoms with Gasteiger partial charge in [-0.2, -0.15) is 0 Å². The second-order valence-corrected chi connectivity index (χ2v) is 4.57. The Hall–Kier alpha value is -0.900. The molecule has 1 aromatic carbocycles. The van der Waals surface area contributed by atoms with E-state index in [1.165, 1.54) is 17.4 Å². The van der Waals surface area contributed by atoms with E-state index in [2.05, 4.69) is 0 Å². The predicted octanol–water partition coefficient (Wildman–Crippen LogP) is 3.59. The minimum absolute atomic E-state index is 0.358. The Morgan fingerprint density at radius 2 is 2.13 bits per heavy atom. The highest BCUT2D eigenvalue weighted by Gasteiger charge is 2.14. The standard InChI is InChI=1S/C11H9ClFNS/c12-7-3-4-8(9(13)6-7)11(14)10-2-1-5-15-10/h1-6,11H,14H2/t11-/m0/s1. The van der Waals surface area contributed by atoms with Crippen LogP contribution in [0.4, 0.5) is 4.39 Å². The fraction of sp³-hybridized carbons (Fsp3) is 0.0909. The van der Waals surface area contributed by atoms with Crippen molar-refractivity contribution in [2.75, 3.05) is 0 Å². The summed E-state index contributed by atoms with van der Waals surface area (Å²) in [7, 11) is 0. The molecule has 1 nitrogen and oxygen atoms in total. The monoisotopic (exact) mass is 241 g/mol. The Balaban J connectivity index is 2.38. The Morgan fingerprint density at radius 3 is 2.73 bits per heavy atom. The SMILES string of the molecule is N[C@H](c1cccs1)c1ccc(Cl)cc1F. The van der Waals surface area contributed by atoms with Crippen molar-refractivity contribution in [3.8, 4) is 0 Å². The number of hydrogen-bond acceptors (Lipinski definition) is 2. The normalized spacial score (nSPS) is 12.7. The van der Waals surface area contributed by atoms with Gasteiger partial charge in [-0.1, -0.05) is 23.7 Å². The molecule has 2 aromatic rings. The van der Waals surface area contributed by atoms with Crippen LogP contribution in [0.1, 0.15) is 16.5 Å². The Kier molecular flexibility index (Phi) is 3.05. The summed E-state index contributed by atoms with van der Waals surface area (Å²) in [5, 5.41) is 2.30. The van der Waals surface area contributed by atoms with Gasteiger partial charge in [-0.3, -0.25) is 0 Å². The van der Waals surface area contributed by atoms with Gasteiger partial charge in [-0.15, -0.1) is 11.3 Å². The van der Waals surface area contributed by atoms with Gasteiger partial charge < -0.3 is 5.73 Å². The van der Waals surface area contributed by atoms with Crippen LogP contribution in [0.3, 0.4) is 0 Å². The first kappa shape index (κ1) is 10.6. The average molecular weight is 242 g/mol. The number of nitrogens with two attached hydrogens (primary N) is 1. The van der Waals surface area contributed by atoms with Crippen molar-refractivity contribution in [3.05, 3.63) is 57.0 Å². The molecule has 1 atom stereocenters. The van der Waals surface area contributed by atoms with Crippen LogP contribution in [0, 0.1) is 5.82 Å². The molecule has 0 saturated heterocycles. The van der Waals surface area contributed by atoms with E-state index in [4.69, 9.17) is 17.3 Å². The molecule has 0 amide bonds. The van der Waals surface area contributed by atoms with Crippen LogP contribution >= 0.6 is 22.9 Å². The molecule has 0 aliphatic rings. The molecule has 4 heteroatoms. The maximum Gasteiger partial charge on any atom is 0.129 e. The molecule has 0 saturated carbocycles. The molecular weight excluding hydrogens is 233 g/mol. The van der Waals surface area contributed by atoms with Gasteiger partial charge in [0.25, 0.3) is 0 Å². The van der Waals surface area contributed by atoms with E-state index in [1.807, 2.05) is 17.5 Å². The first-order valence-corrected chi connectivity index (χ1v) is 5.68. The second kappa shape index (κ2) is 4.31. The molecule has 0 unspecified atom stereocenters. The Morgan fingerprint density at radius 1 is 1.33 bits per heavy atom. The van der Waals surface area contributed by atoms with Crippen molar-refractivity contribution in [1.29, 1.82) is 0 Å². The summed E-state index contributed by atoms with van der Waals surface area (Å²) >= 11 is 7.18. The van der Waals surface area contributed by atoms with Gasteiger partial charge >= 0.3 is 0 Å². The molecule has 0 aliphatic carbocycles. The maximum absolute atomic E-state index is 13.5. The molecule has 0 spiro atoms. The van der Waals surface area contributed by atoms with Crippen molar-refractivity contribution in [1.82, 2.24) is 0 Å². The minimum atomic E-state index is -0.415. The summed E-state index contributed by atoms with van der Waals surface area (Å²) in [5.74, 6) is -0.358. The van der Waals surface area contributed by atoms with Crippen LogP contribution in [-0.2, 0) is 0 Å². The maximum atomic E-state index is 13.5. The highest BCUT2D eigenvalue weighted by Crippen LogP contribution is 2.26. The average Bonchev–Trinajstić information content (AvgIpc) is 2.69. The third-order valence-corrected chi connectivity index (χ3v) is 3.34. The van der Waals surface area contributed by atoms with Gasteiger partial charge in [0.05, 0.1) is 6.04 Å². The molecule has 0 aliphatic heterocycles. The lowest BCUT2D eigenvalue weighted by atomic mass is 10.1. The van der Waals surface area contributed by atoms with Crippen LogP contribution in [0.2, 0.25) is 5.02 Å². The fourth-order valence-corrected chi connectivity index (χ4v) is 2.28. The van der Waals surface area contributed by atoms with Gasteiger partial charge in [0.2, 0.25) is 0 Å². The lowest BCUT2D eigenvalue weighted by Gasteiger charge is -2.11. The Labute approximate surface area is 96.3 Å². The second-order valence-electron chi connectivity index (χ2n) is 3.16. The lowest BCUT2D eigenvalue weighted by Crippen LogP contribution is -2.11. The van der Waals surface area contributed by atoms with E-state index in [9.17, 15) is 4.39 Å². The fourth-order valence-electron chi connectivity index (χ4n) is 1.38. The van der Waals surface area contributed by atoms with Gasteiger partial charge in [0.15, 0.2) is 0 Å².